The van der Waals surface area contributed by atoms with Crippen LogP contribution in [0.25, 0.3) is 22.3 Å². The maximum atomic E-state index is 13.4. The van der Waals surface area contributed by atoms with E-state index in [-0.39, 0.29) is 30.8 Å². The van der Waals surface area contributed by atoms with Crippen molar-refractivity contribution in [3.8, 4) is 17.1 Å². The molecule has 0 radical (unpaired) electrons. The van der Waals surface area contributed by atoms with Crippen molar-refractivity contribution in [2.45, 2.75) is 38.5 Å². The van der Waals surface area contributed by atoms with Crippen molar-refractivity contribution in [1.82, 2.24) is 9.55 Å². The van der Waals surface area contributed by atoms with Crippen LogP contribution in [0.1, 0.15) is 35.6 Å². The van der Waals surface area contributed by atoms with E-state index < -0.39 is 11.6 Å². The maximum absolute atomic E-state index is 13.4. The average molecular weight is 436 g/mol. The number of pyridine rings is 2. The Hall–Kier alpha value is -3.23. The molecular weight excluding hydrogens is 412 g/mol. The maximum Gasteiger partial charge on any atom is 0.343 e. The number of cyclic esters (lactones) is 1. The van der Waals surface area contributed by atoms with E-state index in [2.05, 4.69) is 6.92 Å². The number of rotatable bonds is 5. The topological polar surface area (TPSA) is 99.9 Å². The molecule has 32 heavy (non-hydrogen) atoms. The molecule has 166 valence electrons. The van der Waals surface area contributed by atoms with E-state index in [0.29, 0.717) is 23.5 Å². The molecule has 0 unspecified atom stereocenters. The molecule has 0 spiro atoms. The first kappa shape index (κ1) is 20.7. The molecule has 1 aromatic carbocycles. The third-order valence-electron chi connectivity index (χ3n) is 6.52. The molecule has 2 aliphatic rings. The molecule has 0 saturated heterocycles. The Morgan fingerprint density at radius 1 is 1.22 bits per heavy atom. The zero-order chi connectivity index (χ0) is 22.6. The van der Waals surface area contributed by atoms with Crippen LogP contribution in [0.2, 0.25) is 0 Å². The highest BCUT2D eigenvalue weighted by Crippen LogP contribution is 2.40. The lowest BCUT2D eigenvalue weighted by Crippen LogP contribution is -2.45. The number of esters is 1. The fraction of sp³-hybridized carbons (Fsp3) is 0.375. The number of benzene rings is 1. The molecule has 5 rings (SSSR count). The van der Waals surface area contributed by atoms with Crippen molar-refractivity contribution >= 4 is 16.9 Å². The lowest BCUT2D eigenvalue weighted by Gasteiger charge is -2.32. The molecule has 2 aliphatic heterocycles. The molecule has 0 fully saturated rings. The zero-order valence-electron chi connectivity index (χ0n) is 18.2. The van der Waals surface area contributed by atoms with Crippen molar-refractivity contribution in [1.29, 1.82) is 0 Å². The van der Waals surface area contributed by atoms with Crippen molar-refractivity contribution in [2.75, 3.05) is 20.8 Å². The van der Waals surface area contributed by atoms with E-state index in [4.69, 9.17) is 19.2 Å². The molecule has 0 aliphatic carbocycles. The van der Waals surface area contributed by atoms with E-state index in [0.717, 1.165) is 34.2 Å². The van der Waals surface area contributed by atoms with Crippen LogP contribution in [0, 0.1) is 0 Å². The van der Waals surface area contributed by atoms with Crippen LogP contribution in [0.4, 0.5) is 0 Å². The van der Waals surface area contributed by atoms with Gasteiger partial charge in [-0.3, -0.25) is 4.79 Å². The highest BCUT2D eigenvalue weighted by Gasteiger charge is 2.46. The molecule has 0 saturated carbocycles. The summed E-state index contributed by atoms with van der Waals surface area (Å²) in [6.07, 6.45) is 0.757. The minimum Gasteiger partial charge on any atom is -0.497 e. The minimum atomic E-state index is -1.93. The third-order valence-corrected chi connectivity index (χ3v) is 6.52. The van der Waals surface area contributed by atoms with Gasteiger partial charge < -0.3 is 23.9 Å². The summed E-state index contributed by atoms with van der Waals surface area (Å²) in [5, 5.41) is 12.2. The smallest absolute Gasteiger partial charge is 0.343 e. The third kappa shape index (κ3) is 2.79. The van der Waals surface area contributed by atoms with Gasteiger partial charge in [-0.1, -0.05) is 6.92 Å². The Labute approximate surface area is 184 Å². The Morgan fingerprint density at radius 3 is 2.75 bits per heavy atom. The van der Waals surface area contributed by atoms with Gasteiger partial charge in [-0.15, -0.1) is 0 Å². The predicted molar refractivity (Wildman–Crippen MR) is 117 cm³/mol. The summed E-state index contributed by atoms with van der Waals surface area (Å²) < 4.78 is 17.3. The Kier molecular flexibility index (Phi) is 4.79. The highest BCUT2D eigenvalue weighted by atomic mass is 16.6. The van der Waals surface area contributed by atoms with Gasteiger partial charge in [-0.2, -0.15) is 0 Å². The number of hydrogen-bond acceptors (Lipinski definition) is 7. The van der Waals surface area contributed by atoms with Crippen molar-refractivity contribution in [3.63, 3.8) is 0 Å². The predicted octanol–water partition coefficient (Wildman–Crippen LogP) is 2.28. The highest BCUT2D eigenvalue weighted by molar-refractivity contribution is 5.90. The van der Waals surface area contributed by atoms with E-state index in [1.807, 2.05) is 18.2 Å². The standard InChI is InChI=1S/C24H24N2O6/c1-4-14-15-9-13(31-3)5-6-19(15)25-21-16(14)11-26-20(21)10-18-17(22(26)27)12-32-23(28)24(18,29)7-8-30-2/h5-6,9-10,29H,4,7-8,11-12H2,1-3H3/t24-/m0/s1. The van der Waals surface area contributed by atoms with E-state index in [1.54, 1.807) is 17.7 Å². The second kappa shape index (κ2) is 7.43. The van der Waals surface area contributed by atoms with Crippen LogP contribution >= 0.6 is 0 Å². The zero-order valence-corrected chi connectivity index (χ0v) is 18.2. The van der Waals surface area contributed by atoms with Crippen molar-refractivity contribution in [3.05, 3.63) is 56.9 Å². The number of nitrogens with zero attached hydrogens (tertiary/aromatic N) is 2. The number of fused-ring (bicyclic) bond motifs is 5. The van der Waals surface area contributed by atoms with Crippen LogP contribution in [0.5, 0.6) is 5.75 Å². The molecule has 1 N–H and O–H groups in total. The number of ether oxygens (including phenoxy) is 3. The second-order valence-corrected chi connectivity index (χ2v) is 8.15. The Bertz CT molecular complexity index is 1330. The summed E-state index contributed by atoms with van der Waals surface area (Å²) in [6, 6.07) is 7.45. The normalized spacial score (nSPS) is 18.8. The number of methoxy groups -OCH3 is 2. The molecule has 0 amide bonds. The van der Waals surface area contributed by atoms with Crippen LogP contribution in [0.3, 0.4) is 0 Å². The lowest BCUT2D eigenvalue weighted by atomic mass is 9.85. The monoisotopic (exact) mass is 436 g/mol. The van der Waals surface area contributed by atoms with Gasteiger partial charge in [0.1, 0.15) is 12.4 Å². The van der Waals surface area contributed by atoms with Gasteiger partial charge >= 0.3 is 5.97 Å². The Morgan fingerprint density at radius 2 is 2.03 bits per heavy atom. The fourth-order valence-electron chi connectivity index (χ4n) is 4.82. The van der Waals surface area contributed by atoms with Crippen LogP contribution < -0.4 is 10.3 Å². The van der Waals surface area contributed by atoms with Gasteiger partial charge in [-0.25, -0.2) is 9.78 Å². The molecule has 3 aromatic rings. The lowest BCUT2D eigenvalue weighted by molar-refractivity contribution is -0.174. The summed E-state index contributed by atoms with van der Waals surface area (Å²) in [6.45, 7) is 2.43. The number of aryl methyl sites for hydroxylation is 1. The Balaban J connectivity index is 1.76. The molecule has 2 aromatic heterocycles. The molecule has 8 heteroatoms. The first-order chi connectivity index (χ1) is 15.4. The van der Waals surface area contributed by atoms with Gasteiger partial charge in [0.15, 0.2) is 5.60 Å². The summed E-state index contributed by atoms with van der Waals surface area (Å²) in [4.78, 5) is 30.8. The molecule has 0 bridgehead atoms. The van der Waals surface area contributed by atoms with E-state index in [1.165, 1.54) is 7.11 Å². The molecule has 4 heterocycles. The van der Waals surface area contributed by atoms with E-state index >= 15 is 0 Å². The first-order valence-electron chi connectivity index (χ1n) is 10.6. The second-order valence-electron chi connectivity index (χ2n) is 8.15. The first-order valence-corrected chi connectivity index (χ1v) is 10.6. The van der Waals surface area contributed by atoms with Gasteiger partial charge in [0, 0.05) is 36.7 Å². The summed E-state index contributed by atoms with van der Waals surface area (Å²) in [7, 11) is 3.12. The fourth-order valence-corrected chi connectivity index (χ4v) is 4.82. The van der Waals surface area contributed by atoms with Crippen molar-refractivity contribution < 1.29 is 24.1 Å². The molecule has 8 nitrogen and oxygen atoms in total. The van der Waals surface area contributed by atoms with Gasteiger partial charge in [0.2, 0.25) is 0 Å². The summed E-state index contributed by atoms with van der Waals surface area (Å²) >= 11 is 0. The molecular formula is C24H24N2O6. The van der Waals surface area contributed by atoms with Gasteiger partial charge in [-0.05, 0) is 36.2 Å². The summed E-state index contributed by atoms with van der Waals surface area (Å²) in [5.74, 6) is -0.0200. The average Bonchev–Trinajstić information content (AvgIpc) is 3.17. The number of aliphatic hydroxyl groups is 1. The van der Waals surface area contributed by atoms with E-state index in [9.17, 15) is 14.7 Å². The number of hydrogen-bond donors (Lipinski definition) is 1. The van der Waals surface area contributed by atoms with Crippen LogP contribution in [-0.4, -0.2) is 41.5 Å². The number of carbonyl (C=O) groups excluding carboxylic acids is 1. The number of carbonyl (C=O) groups is 1. The summed E-state index contributed by atoms with van der Waals surface area (Å²) in [5.41, 5.74) is 2.55. The van der Waals surface area contributed by atoms with Crippen LogP contribution in [0.15, 0.2) is 29.1 Å². The SMILES string of the molecule is CCc1c2c(nc3ccc(OC)cc13)-c1cc3c(c(=O)n1C2)COC(=O)[C@]3(O)CCOC. The largest absolute Gasteiger partial charge is 0.497 e. The van der Waals surface area contributed by atoms with Crippen LogP contribution in [-0.2, 0) is 39.4 Å². The van der Waals surface area contributed by atoms with Crippen molar-refractivity contribution in [2.24, 2.45) is 0 Å². The quantitative estimate of drug-likeness (QED) is 0.479. The molecule has 1 atom stereocenters. The number of aromatic nitrogens is 2. The minimum absolute atomic E-state index is 0.00373. The van der Waals surface area contributed by atoms with Gasteiger partial charge in [0.05, 0.1) is 36.1 Å². The van der Waals surface area contributed by atoms with Gasteiger partial charge in [0.25, 0.3) is 5.56 Å².